The van der Waals surface area contributed by atoms with Crippen LogP contribution in [0.2, 0.25) is 0 Å². The summed E-state index contributed by atoms with van der Waals surface area (Å²) in [5.74, 6) is -0.0487. The van der Waals surface area contributed by atoms with Crippen LogP contribution in [0.3, 0.4) is 0 Å². The number of non-ortho nitro benzene ring substituents is 1. The van der Waals surface area contributed by atoms with Crippen molar-refractivity contribution in [1.29, 1.82) is 0 Å². The van der Waals surface area contributed by atoms with E-state index in [0.29, 0.717) is 22.6 Å². The van der Waals surface area contributed by atoms with E-state index in [2.05, 4.69) is 25.8 Å². The molecule has 0 spiro atoms. The Hall–Kier alpha value is -3.78. The van der Waals surface area contributed by atoms with E-state index in [1.54, 1.807) is 12.2 Å². The Morgan fingerprint density at radius 3 is 2.64 bits per heavy atom. The average Bonchev–Trinajstić information content (AvgIpc) is 3.17. The first kappa shape index (κ1) is 22.4. The van der Waals surface area contributed by atoms with Crippen LogP contribution in [0, 0.1) is 10.1 Å². The van der Waals surface area contributed by atoms with Gasteiger partial charge < -0.3 is 10.1 Å². The van der Waals surface area contributed by atoms with Crippen LogP contribution in [0.25, 0.3) is 23.1 Å². The quantitative estimate of drug-likeness (QED) is 0.294. The summed E-state index contributed by atoms with van der Waals surface area (Å²) >= 11 is 1.46. The zero-order valence-corrected chi connectivity index (χ0v) is 19.3. The predicted octanol–water partition coefficient (Wildman–Crippen LogP) is 5.66. The van der Waals surface area contributed by atoms with E-state index in [1.165, 1.54) is 29.5 Å². The number of nitro groups is 1. The number of pyridine rings is 1. The number of aromatic nitrogens is 2. The highest BCUT2D eigenvalue weighted by atomic mass is 32.1. The lowest BCUT2D eigenvalue weighted by atomic mass is 9.90. The van der Waals surface area contributed by atoms with Gasteiger partial charge in [0.25, 0.3) is 11.2 Å². The van der Waals surface area contributed by atoms with Crippen molar-refractivity contribution in [2.75, 3.05) is 0 Å². The molecular formula is C25H23N3O4S. The number of fused-ring (bicyclic) bond motifs is 1. The summed E-state index contributed by atoms with van der Waals surface area (Å²) in [6, 6.07) is 13.5. The third-order valence-electron chi connectivity index (χ3n) is 5.23. The number of aromatic amines is 1. The second kappa shape index (κ2) is 8.63. The molecular weight excluding hydrogens is 438 g/mol. The van der Waals surface area contributed by atoms with Gasteiger partial charge in [-0.1, -0.05) is 39.0 Å². The summed E-state index contributed by atoms with van der Waals surface area (Å²) in [6.07, 6.45) is 3.79. The number of nitro benzene ring substituents is 1. The molecule has 0 fully saturated rings. The van der Waals surface area contributed by atoms with Crippen LogP contribution in [-0.4, -0.2) is 20.0 Å². The lowest BCUT2D eigenvalue weighted by Crippen LogP contribution is -2.17. The van der Waals surface area contributed by atoms with Crippen molar-refractivity contribution in [3.8, 4) is 5.75 Å². The molecule has 7 nitrogen and oxygen atoms in total. The van der Waals surface area contributed by atoms with Crippen molar-refractivity contribution in [1.82, 2.24) is 9.97 Å². The molecule has 2 aromatic carbocycles. The number of phenols is 1. The van der Waals surface area contributed by atoms with Crippen LogP contribution in [0.4, 0.5) is 5.69 Å². The second-order valence-corrected chi connectivity index (χ2v) is 9.91. The van der Waals surface area contributed by atoms with E-state index in [0.717, 1.165) is 21.5 Å². The summed E-state index contributed by atoms with van der Waals surface area (Å²) in [7, 11) is 0. The summed E-state index contributed by atoms with van der Waals surface area (Å²) in [4.78, 5) is 31.9. The predicted molar refractivity (Wildman–Crippen MR) is 132 cm³/mol. The Labute approximate surface area is 194 Å². The third kappa shape index (κ3) is 4.85. The van der Waals surface area contributed by atoms with Gasteiger partial charge in [-0.25, -0.2) is 4.98 Å². The maximum absolute atomic E-state index is 12.7. The SMILES string of the molecule is CC(C)(C)c1nc(/C=C\c2cc([N+](=O)[O-])ccc2O)sc1Cc1cc2ccccc2[nH]c1=O. The van der Waals surface area contributed by atoms with Crippen LogP contribution in [0.1, 0.15) is 47.5 Å². The Morgan fingerprint density at radius 2 is 1.91 bits per heavy atom. The van der Waals surface area contributed by atoms with Crippen molar-refractivity contribution >= 4 is 40.1 Å². The molecule has 2 heterocycles. The van der Waals surface area contributed by atoms with Gasteiger partial charge >= 0.3 is 0 Å². The van der Waals surface area contributed by atoms with Crippen LogP contribution < -0.4 is 5.56 Å². The molecule has 8 heteroatoms. The maximum Gasteiger partial charge on any atom is 0.270 e. The van der Waals surface area contributed by atoms with Crippen LogP contribution in [0.15, 0.2) is 53.3 Å². The molecule has 0 saturated carbocycles. The molecule has 2 aromatic heterocycles. The van der Waals surface area contributed by atoms with Gasteiger partial charge in [0, 0.05) is 45.5 Å². The summed E-state index contributed by atoms with van der Waals surface area (Å²) in [5.41, 5.74) is 2.22. The average molecular weight is 462 g/mol. The van der Waals surface area contributed by atoms with Gasteiger partial charge in [0.05, 0.1) is 10.6 Å². The van der Waals surface area contributed by atoms with Crippen LogP contribution in [0.5, 0.6) is 5.75 Å². The monoisotopic (exact) mass is 461 g/mol. The first-order valence-corrected chi connectivity index (χ1v) is 11.2. The number of hydrogen-bond donors (Lipinski definition) is 2. The van der Waals surface area contributed by atoms with Crippen molar-refractivity contribution in [2.45, 2.75) is 32.6 Å². The van der Waals surface area contributed by atoms with Crippen molar-refractivity contribution in [3.05, 3.63) is 95.7 Å². The Morgan fingerprint density at radius 1 is 1.15 bits per heavy atom. The zero-order valence-electron chi connectivity index (χ0n) is 18.5. The summed E-state index contributed by atoms with van der Waals surface area (Å²) in [6.45, 7) is 6.20. The topological polar surface area (TPSA) is 109 Å². The first-order chi connectivity index (χ1) is 15.6. The number of nitrogens with one attached hydrogen (secondary N) is 1. The van der Waals surface area contributed by atoms with Gasteiger partial charge in [-0.05, 0) is 35.7 Å². The van der Waals surface area contributed by atoms with E-state index in [1.807, 2.05) is 30.3 Å². The number of phenolic OH excluding ortho intramolecular Hbond substituents is 1. The fourth-order valence-corrected chi connectivity index (χ4v) is 4.80. The molecule has 0 amide bonds. The minimum atomic E-state index is -0.503. The molecule has 33 heavy (non-hydrogen) atoms. The van der Waals surface area contributed by atoms with Crippen molar-refractivity contribution in [2.24, 2.45) is 0 Å². The van der Waals surface area contributed by atoms with Crippen molar-refractivity contribution < 1.29 is 10.0 Å². The number of para-hydroxylation sites is 1. The van der Waals surface area contributed by atoms with E-state index in [-0.39, 0.29) is 22.4 Å². The van der Waals surface area contributed by atoms with Gasteiger partial charge in [0.1, 0.15) is 10.8 Å². The molecule has 0 unspecified atom stereocenters. The standard InChI is InChI=1S/C25H23N3O4S/c1-25(2,3)23-21(14-17-12-15-6-4-5-7-19(15)26-24(17)30)33-22(27-23)11-8-16-13-18(28(31)32)9-10-20(16)29/h4-13,29H,14H2,1-3H3,(H,26,30)/b11-8-. The number of benzene rings is 2. The number of nitrogens with zero attached hydrogens (tertiary/aromatic N) is 2. The molecule has 0 aliphatic carbocycles. The molecule has 0 saturated heterocycles. The largest absolute Gasteiger partial charge is 0.507 e. The molecule has 0 aliphatic heterocycles. The molecule has 4 rings (SSSR count). The van der Waals surface area contributed by atoms with Crippen LogP contribution in [-0.2, 0) is 11.8 Å². The molecule has 168 valence electrons. The molecule has 0 aliphatic rings. The fraction of sp³-hybridized carbons (Fsp3) is 0.200. The molecule has 0 bridgehead atoms. The molecule has 2 N–H and O–H groups in total. The van der Waals surface area contributed by atoms with Gasteiger partial charge in [0.15, 0.2) is 0 Å². The van der Waals surface area contributed by atoms with Gasteiger partial charge in [-0.15, -0.1) is 11.3 Å². The Kier molecular flexibility index (Phi) is 5.86. The lowest BCUT2D eigenvalue weighted by molar-refractivity contribution is -0.384. The summed E-state index contributed by atoms with van der Waals surface area (Å²) < 4.78 is 0. The highest BCUT2D eigenvalue weighted by Gasteiger charge is 2.23. The van der Waals surface area contributed by atoms with Crippen LogP contribution >= 0.6 is 11.3 Å². The number of aromatic hydroxyl groups is 1. The Balaban J connectivity index is 1.71. The van der Waals surface area contributed by atoms with Crippen molar-refractivity contribution in [3.63, 3.8) is 0 Å². The highest BCUT2D eigenvalue weighted by Crippen LogP contribution is 2.33. The van der Waals surface area contributed by atoms with Gasteiger partial charge in [-0.3, -0.25) is 14.9 Å². The van der Waals surface area contributed by atoms with E-state index >= 15 is 0 Å². The second-order valence-electron chi connectivity index (χ2n) is 8.80. The maximum atomic E-state index is 12.7. The van der Waals surface area contributed by atoms with E-state index in [9.17, 15) is 20.0 Å². The highest BCUT2D eigenvalue weighted by molar-refractivity contribution is 7.12. The normalized spacial score (nSPS) is 12.0. The number of hydrogen-bond acceptors (Lipinski definition) is 6. The first-order valence-electron chi connectivity index (χ1n) is 10.4. The number of thiazole rings is 1. The number of H-pyrrole nitrogens is 1. The smallest absolute Gasteiger partial charge is 0.270 e. The van der Waals surface area contributed by atoms with Gasteiger partial charge in [-0.2, -0.15) is 0 Å². The Bertz CT molecular complexity index is 1440. The van der Waals surface area contributed by atoms with E-state index in [4.69, 9.17) is 4.98 Å². The number of rotatable bonds is 5. The minimum absolute atomic E-state index is 0.0487. The summed E-state index contributed by atoms with van der Waals surface area (Å²) in [5, 5.41) is 22.8. The van der Waals surface area contributed by atoms with E-state index < -0.39 is 4.92 Å². The molecule has 0 radical (unpaired) electrons. The fourth-order valence-electron chi connectivity index (χ4n) is 3.59. The zero-order chi connectivity index (χ0) is 23.8. The molecule has 0 atom stereocenters. The lowest BCUT2D eigenvalue weighted by Gasteiger charge is -2.17. The third-order valence-corrected chi connectivity index (χ3v) is 6.25. The van der Waals surface area contributed by atoms with Gasteiger partial charge in [0.2, 0.25) is 0 Å². The minimum Gasteiger partial charge on any atom is -0.507 e. The molecule has 4 aromatic rings.